The zero-order valence-electron chi connectivity index (χ0n) is 10.0. The second-order valence-electron chi connectivity index (χ2n) is 4.52. The summed E-state index contributed by atoms with van der Waals surface area (Å²) >= 11 is 0. The van der Waals surface area contributed by atoms with E-state index >= 15 is 0 Å². The van der Waals surface area contributed by atoms with E-state index in [-0.39, 0.29) is 11.4 Å². The highest BCUT2D eigenvalue weighted by atomic mass is 19.4. The maximum atomic E-state index is 12.5. The zero-order chi connectivity index (χ0) is 13.2. The minimum atomic E-state index is -4.34. The number of nitrogens with one attached hydrogen (secondary N) is 1. The predicted octanol–water partition coefficient (Wildman–Crippen LogP) is 3.08. The van der Waals surface area contributed by atoms with Crippen LogP contribution in [0.5, 0.6) is 0 Å². The fraction of sp³-hybridized carbons (Fsp3) is 0.583. The molecule has 2 rings (SSSR count). The minimum Gasteiger partial charge on any atom is -0.376 e. The van der Waals surface area contributed by atoms with Gasteiger partial charge in [0.25, 0.3) is 0 Å². The molecule has 1 aromatic rings. The highest BCUT2D eigenvalue weighted by molar-refractivity contribution is 5.39. The molecular weight excluding hydrogens is 245 g/mol. The molecule has 0 saturated heterocycles. The van der Waals surface area contributed by atoms with Gasteiger partial charge < -0.3 is 10.1 Å². The molecule has 0 amide bonds. The summed E-state index contributed by atoms with van der Waals surface area (Å²) in [5, 5.41) is 2.91. The molecule has 1 aliphatic rings. The molecule has 100 valence electrons. The zero-order valence-corrected chi connectivity index (χ0v) is 10.0. The summed E-state index contributed by atoms with van der Waals surface area (Å²) in [5.41, 5.74) is -0.935. The van der Waals surface area contributed by atoms with Gasteiger partial charge in [-0.3, -0.25) is 0 Å². The Morgan fingerprint density at radius 2 is 2.17 bits per heavy atom. The first-order chi connectivity index (χ1) is 8.45. The van der Waals surface area contributed by atoms with Gasteiger partial charge in [0, 0.05) is 19.9 Å². The largest absolute Gasteiger partial charge is 0.416 e. The third-order valence-electron chi connectivity index (χ3n) is 3.38. The molecule has 0 unspecified atom stereocenters. The molecule has 1 saturated carbocycles. The molecule has 0 spiro atoms. The Hall–Kier alpha value is -1.30. The number of halogens is 3. The van der Waals surface area contributed by atoms with E-state index in [4.69, 9.17) is 4.74 Å². The molecule has 1 heterocycles. The minimum absolute atomic E-state index is 0.230. The molecule has 0 aliphatic heterocycles. The van der Waals surface area contributed by atoms with Gasteiger partial charge in [-0.25, -0.2) is 4.98 Å². The van der Waals surface area contributed by atoms with Gasteiger partial charge in [0.1, 0.15) is 5.82 Å². The third-order valence-corrected chi connectivity index (χ3v) is 3.38. The van der Waals surface area contributed by atoms with E-state index in [9.17, 15) is 13.2 Å². The van der Waals surface area contributed by atoms with Crippen LogP contribution in [0.4, 0.5) is 19.0 Å². The lowest BCUT2D eigenvalue weighted by molar-refractivity contribution is -0.137. The monoisotopic (exact) mass is 260 g/mol. The first kappa shape index (κ1) is 13.1. The molecule has 0 bridgehead atoms. The molecule has 1 aliphatic carbocycles. The van der Waals surface area contributed by atoms with Crippen LogP contribution in [-0.4, -0.2) is 24.2 Å². The lowest BCUT2D eigenvalue weighted by Gasteiger charge is -2.40. The number of alkyl halides is 3. The van der Waals surface area contributed by atoms with Crippen molar-refractivity contribution >= 4 is 5.82 Å². The van der Waals surface area contributed by atoms with Gasteiger partial charge in [-0.1, -0.05) is 0 Å². The lowest BCUT2D eigenvalue weighted by atomic mass is 9.80. The molecule has 1 aromatic heterocycles. The molecule has 0 atom stereocenters. The molecule has 0 radical (unpaired) electrons. The number of ether oxygens (including phenoxy) is 1. The van der Waals surface area contributed by atoms with E-state index in [1.165, 1.54) is 0 Å². The van der Waals surface area contributed by atoms with Crippen LogP contribution in [0.15, 0.2) is 18.3 Å². The maximum Gasteiger partial charge on any atom is 0.416 e. The maximum absolute atomic E-state index is 12.5. The molecule has 18 heavy (non-hydrogen) atoms. The van der Waals surface area contributed by atoms with E-state index in [0.29, 0.717) is 6.54 Å². The van der Waals surface area contributed by atoms with E-state index < -0.39 is 11.7 Å². The highest BCUT2D eigenvalue weighted by Crippen LogP contribution is 2.35. The molecule has 0 aromatic carbocycles. The van der Waals surface area contributed by atoms with Gasteiger partial charge in [-0.15, -0.1) is 0 Å². The second-order valence-corrected chi connectivity index (χ2v) is 4.52. The number of hydrogen-bond donors (Lipinski definition) is 1. The average Bonchev–Trinajstić information content (AvgIpc) is 2.27. The molecular formula is C12H15F3N2O. The van der Waals surface area contributed by atoms with Crippen molar-refractivity contribution in [3.05, 3.63) is 23.9 Å². The van der Waals surface area contributed by atoms with Crippen LogP contribution in [0.25, 0.3) is 0 Å². The number of nitrogens with zero attached hydrogens (tertiary/aromatic N) is 1. The van der Waals surface area contributed by atoms with Gasteiger partial charge in [0.2, 0.25) is 0 Å². The Morgan fingerprint density at radius 3 is 2.67 bits per heavy atom. The van der Waals surface area contributed by atoms with Gasteiger partial charge in [-0.2, -0.15) is 13.2 Å². The Morgan fingerprint density at radius 1 is 1.44 bits per heavy atom. The van der Waals surface area contributed by atoms with E-state index in [0.717, 1.165) is 37.6 Å². The Balaban J connectivity index is 2.01. The van der Waals surface area contributed by atoms with Crippen molar-refractivity contribution in [1.82, 2.24) is 4.98 Å². The first-order valence-electron chi connectivity index (χ1n) is 5.77. The van der Waals surface area contributed by atoms with E-state index in [1.807, 2.05) is 0 Å². The Kier molecular flexibility index (Phi) is 3.47. The number of anilines is 1. The van der Waals surface area contributed by atoms with Crippen LogP contribution in [-0.2, 0) is 10.9 Å². The average molecular weight is 260 g/mol. The third kappa shape index (κ3) is 2.75. The Bertz CT molecular complexity index is 411. The van der Waals surface area contributed by atoms with Crippen LogP contribution in [0.1, 0.15) is 24.8 Å². The van der Waals surface area contributed by atoms with Crippen LogP contribution in [0, 0.1) is 0 Å². The fourth-order valence-corrected chi connectivity index (χ4v) is 1.98. The van der Waals surface area contributed by atoms with Crippen LogP contribution in [0.3, 0.4) is 0 Å². The van der Waals surface area contributed by atoms with Gasteiger partial charge in [0.05, 0.1) is 11.2 Å². The van der Waals surface area contributed by atoms with Crippen LogP contribution in [0.2, 0.25) is 0 Å². The van der Waals surface area contributed by atoms with Crippen LogP contribution >= 0.6 is 0 Å². The van der Waals surface area contributed by atoms with E-state index in [2.05, 4.69) is 10.3 Å². The topological polar surface area (TPSA) is 34.1 Å². The predicted molar refractivity (Wildman–Crippen MR) is 61.3 cm³/mol. The highest BCUT2D eigenvalue weighted by Gasteiger charge is 2.37. The Labute approximate surface area is 103 Å². The first-order valence-corrected chi connectivity index (χ1v) is 5.77. The second kappa shape index (κ2) is 4.76. The van der Waals surface area contributed by atoms with Crippen molar-refractivity contribution in [3.63, 3.8) is 0 Å². The van der Waals surface area contributed by atoms with Gasteiger partial charge in [-0.05, 0) is 31.4 Å². The summed E-state index contributed by atoms with van der Waals surface area (Å²) in [4.78, 5) is 3.88. The molecule has 3 nitrogen and oxygen atoms in total. The molecule has 1 N–H and O–H groups in total. The smallest absolute Gasteiger partial charge is 0.376 e. The van der Waals surface area contributed by atoms with Crippen molar-refractivity contribution in [2.24, 2.45) is 0 Å². The van der Waals surface area contributed by atoms with Crippen molar-refractivity contribution in [1.29, 1.82) is 0 Å². The van der Waals surface area contributed by atoms with Gasteiger partial charge >= 0.3 is 6.18 Å². The van der Waals surface area contributed by atoms with Gasteiger partial charge in [0.15, 0.2) is 0 Å². The van der Waals surface area contributed by atoms with Crippen LogP contribution < -0.4 is 5.32 Å². The summed E-state index contributed by atoms with van der Waals surface area (Å²) in [6, 6.07) is 1.97. The van der Waals surface area contributed by atoms with Crippen molar-refractivity contribution in [2.75, 3.05) is 19.0 Å². The lowest BCUT2D eigenvalue weighted by Crippen LogP contribution is -2.45. The molecule has 6 heteroatoms. The van der Waals surface area contributed by atoms with Crippen molar-refractivity contribution in [3.8, 4) is 0 Å². The van der Waals surface area contributed by atoms with Crippen molar-refractivity contribution < 1.29 is 17.9 Å². The number of rotatable bonds is 4. The fourth-order valence-electron chi connectivity index (χ4n) is 1.98. The number of methoxy groups -OCH3 is 1. The van der Waals surface area contributed by atoms with Crippen molar-refractivity contribution in [2.45, 2.75) is 31.0 Å². The normalized spacial score (nSPS) is 18.2. The number of aromatic nitrogens is 1. The summed E-state index contributed by atoms with van der Waals surface area (Å²) in [5.74, 6) is 0.230. The summed E-state index contributed by atoms with van der Waals surface area (Å²) in [7, 11) is 1.63. The summed E-state index contributed by atoms with van der Waals surface area (Å²) in [6.45, 7) is 0.484. The van der Waals surface area contributed by atoms with E-state index in [1.54, 1.807) is 7.11 Å². The summed E-state index contributed by atoms with van der Waals surface area (Å²) < 4.78 is 42.9. The summed E-state index contributed by atoms with van der Waals surface area (Å²) in [6.07, 6.45) is -0.239. The molecule has 1 fully saturated rings. The standard InChI is InChI=1S/C12H15F3N2O/c1-18-11(4-2-5-11)8-17-10-7-9(3-6-16-10)12(13,14)15/h3,6-7H,2,4-5,8H2,1H3,(H,16,17). The quantitative estimate of drug-likeness (QED) is 0.903. The SMILES string of the molecule is COC1(CNc2cc(C(F)(F)F)ccn2)CCC1. The number of hydrogen-bond acceptors (Lipinski definition) is 3. The number of pyridine rings is 1.